The number of hydrogen-bond acceptors (Lipinski definition) is 4. The van der Waals surface area contributed by atoms with Crippen LogP contribution in [0, 0.1) is 33.5 Å². The highest BCUT2D eigenvalue weighted by Gasteiger charge is 2.64. The van der Waals surface area contributed by atoms with Crippen LogP contribution in [0.25, 0.3) is 6.08 Å². The van der Waals surface area contributed by atoms with E-state index in [1.54, 1.807) is 18.2 Å². The van der Waals surface area contributed by atoms with Gasteiger partial charge < -0.3 is 4.90 Å². The first-order valence-corrected chi connectivity index (χ1v) is 10.3. The number of Topliss-reactive ketones (excluding diaryl/α,β-unsaturated/α-hetero) is 1. The van der Waals surface area contributed by atoms with Crippen LogP contribution in [0.1, 0.15) is 49.4 Å². The normalized spacial score (nSPS) is 23.8. The first kappa shape index (κ1) is 20.2. The number of nitrogens with zero attached hydrogens (tertiary/aromatic N) is 3. The molecule has 2 aromatic rings. The van der Waals surface area contributed by atoms with Crippen molar-refractivity contribution in [3.05, 3.63) is 76.4 Å². The molecule has 2 aromatic carbocycles. The summed E-state index contributed by atoms with van der Waals surface area (Å²) in [5.41, 5.74) is 0.491. The monoisotopic (exact) mass is 415 g/mol. The lowest BCUT2D eigenvalue weighted by atomic mass is 9.66. The summed E-state index contributed by atoms with van der Waals surface area (Å²) in [4.78, 5) is 15.6. The summed E-state index contributed by atoms with van der Waals surface area (Å²) in [5, 5.41) is 21.3. The first-order valence-electron chi connectivity index (χ1n) is 9.91. The van der Waals surface area contributed by atoms with E-state index in [1.165, 1.54) is 0 Å². The van der Waals surface area contributed by atoms with Crippen molar-refractivity contribution in [2.75, 3.05) is 0 Å². The third-order valence-electron chi connectivity index (χ3n) is 6.16. The Morgan fingerprint density at radius 3 is 2.43 bits per heavy atom. The van der Waals surface area contributed by atoms with E-state index in [4.69, 9.17) is 11.6 Å². The molecular weight excluding hydrogens is 394 g/mol. The van der Waals surface area contributed by atoms with Gasteiger partial charge in [-0.15, -0.1) is 0 Å². The fraction of sp³-hybridized carbons (Fsp3) is 0.320. The maximum absolute atomic E-state index is 13.7. The third kappa shape index (κ3) is 2.83. The van der Waals surface area contributed by atoms with Gasteiger partial charge in [0.25, 0.3) is 0 Å². The zero-order chi connectivity index (χ0) is 21.7. The van der Waals surface area contributed by atoms with Crippen LogP contribution in [0.4, 0.5) is 0 Å². The van der Waals surface area contributed by atoms with E-state index in [1.807, 2.05) is 68.3 Å². The average molecular weight is 416 g/mol. The molecule has 2 aliphatic rings. The molecule has 0 aliphatic carbocycles. The number of halogens is 1. The Morgan fingerprint density at radius 2 is 1.80 bits per heavy atom. The van der Waals surface area contributed by atoms with Crippen molar-refractivity contribution in [2.45, 2.75) is 38.8 Å². The van der Waals surface area contributed by atoms with Crippen molar-refractivity contribution < 1.29 is 4.79 Å². The molecule has 0 amide bonds. The molecule has 150 valence electrons. The molecule has 4 rings (SSSR count). The number of hydrogen-bond donors (Lipinski definition) is 0. The van der Waals surface area contributed by atoms with E-state index in [0.717, 1.165) is 16.7 Å². The van der Waals surface area contributed by atoms with Crippen LogP contribution in [0.15, 0.2) is 54.7 Å². The average Bonchev–Trinajstić information content (AvgIpc) is 3.03. The Bertz CT molecular complexity index is 1120. The molecule has 0 radical (unpaired) electrons. The van der Waals surface area contributed by atoms with Gasteiger partial charge in [0, 0.05) is 22.6 Å². The van der Waals surface area contributed by atoms with Crippen molar-refractivity contribution in [1.29, 1.82) is 10.5 Å². The van der Waals surface area contributed by atoms with Crippen LogP contribution < -0.4 is 0 Å². The summed E-state index contributed by atoms with van der Waals surface area (Å²) in [6.07, 6.45) is 3.82. The van der Waals surface area contributed by atoms with Crippen LogP contribution in [-0.4, -0.2) is 16.7 Å². The number of carbonyl (C=O) groups excluding carboxylic acids is 1. The molecule has 0 spiro atoms. The van der Waals surface area contributed by atoms with Crippen LogP contribution >= 0.6 is 11.6 Å². The fourth-order valence-electron chi connectivity index (χ4n) is 4.81. The molecule has 2 heterocycles. The van der Waals surface area contributed by atoms with Gasteiger partial charge in [0.1, 0.15) is 0 Å². The van der Waals surface area contributed by atoms with E-state index < -0.39 is 28.8 Å². The molecular formula is C25H22ClN3O. The van der Waals surface area contributed by atoms with Crippen LogP contribution in [-0.2, 0) is 4.79 Å². The summed E-state index contributed by atoms with van der Waals surface area (Å²) in [7, 11) is 0. The zero-order valence-electron chi connectivity index (χ0n) is 17.1. The highest BCUT2D eigenvalue weighted by molar-refractivity contribution is 6.30. The highest BCUT2D eigenvalue weighted by atomic mass is 35.5. The molecule has 1 saturated heterocycles. The summed E-state index contributed by atoms with van der Waals surface area (Å²) in [5.74, 6) is -0.646. The standard InChI is InChI=1S/C25H22ClN3O/c1-24(2,3)23(30)21-20(17-8-6-9-18(26)13-17)25(14-27,15-28)22-19-10-5-4-7-16(19)11-12-29(21)22/h4-13,20-22H,1-3H3. The first-order chi connectivity index (χ1) is 14.2. The molecule has 5 heteroatoms. The third-order valence-corrected chi connectivity index (χ3v) is 6.39. The lowest BCUT2D eigenvalue weighted by molar-refractivity contribution is -0.130. The molecule has 0 bridgehead atoms. The van der Waals surface area contributed by atoms with E-state index in [-0.39, 0.29) is 5.78 Å². The molecule has 0 N–H and O–H groups in total. The van der Waals surface area contributed by atoms with Gasteiger partial charge in [0.2, 0.25) is 0 Å². The van der Waals surface area contributed by atoms with Gasteiger partial charge in [-0.1, -0.05) is 68.8 Å². The zero-order valence-corrected chi connectivity index (χ0v) is 17.9. The van der Waals surface area contributed by atoms with Crippen molar-refractivity contribution in [2.24, 2.45) is 10.8 Å². The molecule has 2 aliphatic heterocycles. The Balaban J connectivity index is 2.03. The van der Waals surface area contributed by atoms with Crippen molar-refractivity contribution in [1.82, 2.24) is 4.90 Å². The molecule has 4 nitrogen and oxygen atoms in total. The number of ketones is 1. The molecule has 0 saturated carbocycles. The van der Waals surface area contributed by atoms with E-state index in [9.17, 15) is 15.3 Å². The summed E-state index contributed by atoms with van der Waals surface area (Å²) >= 11 is 6.28. The van der Waals surface area contributed by atoms with Gasteiger partial charge in [0.15, 0.2) is 11.2 Å². The van der Waals surface area contributed by atoms with Gasteiger partial charge in [-0.25, -0.2) is 0 Å². The smallest absolute Gasteiger partial charge is 0.177 e. The maximum atomic E-state index is 13.7. The van der Waals surface area contributed by atoms with Crippen molar-refractivity contribution in [3.8, 4) is 12.1 Å². The number of rotatable bonds is 2. The second-order valence-electron chi connectivity index (χ2n) is 8.98. The Kier molecular flexibility index (Phi) is 4.72. The predicted octanol–water partition coefficient (Wildman–Crippen LogP) is 5.48. The fourth-order valence-corrected chi connectivity index (χ4v) is 5.01. The SMILES string of the molecule is CC(C)(C)C(=O)C1C(c2cccc(Cl)c2)C(C#N)(C#N)C2c3ccccc3C=CN12. The molecule has 3 atom stereocenters. The maximum Gasteiger partial charge on any atom is 0.177 e. The largest absolute Gasteiger partial charge is 0.357 e. The van der Waals surface area contributed by atoms with Crippen molar-refractivity contribution in [3.63, 3.8) is 0 Å². The minimum Gasteiger partial charge on any atom is -0.357 e. The minimum absolute atomic E-state index is 0.00567. The minimum atomic E-state index is -1.45. The van der Waals surface area contributed by atoms with E-state index in [2.05, 4.69) is 12.1 Å². The number of nitriles is 2. The lowest BCUT2D eigenvalue weighted by Gasteiger charge is -2.36. The van der Waals surface area contributed by atoms with Gasteiger partial charge in [-0.3, -0.25) is 4.79 Å². The number of carbonyl (C=O) groups is 1. The Labute approximate surface area is 182 Å². The Hall–Kier alpha value is -3.08. The predicted molar refractivity (Wildman–Crippen MR) is 116 cm³/mol. The van der Waals surface area contributed by atoms with Gasteiger partial charge >= 0.3 is 0 Å². The molecule has 1 fully saturated rings. The van der Waals surface area contributed by atoms with Crippen LogP contribution in [0.3, 0.4) is 0 Å². The second kappa shape index (κ2) is 7.01. The Morgan fingerprint density at radius 1 is 1.10 bits per heavy atom. The summed E-state index contributed by atoms with van der Waals surface area (Å²) in [6, 6.07) is 18.4. The lowest BCUT2D eigenvalue weighted by Crippen LogP contribution is -2.43. The topological polar surface area (TPSA) is 67.9 Å². The van der Waals surface area contributed by atoms with Gasteiger partial charge in [0.05, 0.1) is 24.2 Å². The van der Waals surface area contributed by atoms with Gasteiger partial charge in [-0.05, 0) is 34.9 Å². The molecule has 30 heavy (non-hydrogen) atoms. The van der Waals surface area contributed by atoms with Crippen molar-refractivity contribution >= 4 is 23.5 Å². The summed E-state index contributed by atoms with van der Waals surface area (Å²) < 4.78 is 0. The molecule has 3 unspecified atom stereocenters. The number of benzene rings is 2. The summed E-state index contributed by atoms with van der Waals surface area (Å²) in [6.45, 7) is 5.62. The second-order valence-corrected chi connectivity index (χ2v) is 9.42. The van der Waals surface area contributed by atoms with E-state index >= 15 is 0 Å². The van der Waals surface area contributed by atoms with Crippen LogP contribution in [0.2, 0.25) is 5.02 Å². The highest BCUT2D eigenvalue weighted by Crippen LogP contribution is 2.60. The van der Waals surface area contributed by atoms with Gasteiger partial charge in [-0.2, -0.15) is 10.5 Å². The number of fused-ring (bicyclic) bond motifs is 3. The van der Waals surface area contributed by atoms with E-state index in [0.29, 0.717) is 5.02 Å². The molecule has 0 aromatic heterocycles. The quantitative estimate of drug-likeness (QED) is 0.651. The van der Waals surface area contributed by atoms with Crippen LogP contribution in [0.5, 0.6) is 0 Å².